The number of carbonyl (C=O) groups is 1. The molecule has 4 heteroatoms. The van der Waals surface area contributed by atoms with E-state index in [9.17, 15) is 4.79 Å². The fourth-order valence-electron chi connectivity index (χ4n) is 2.51. The molecule has 2 amide bonds. The zero-order valence-corrected chi connectivity index (χ0v) is 12.9. The Labute approximate surface area is 125 Å². The van der Waals surface area contributed by atoms with E-state index in [1.807, 2.05) is 0 Å². The molecule has 0 spiro atoms. The number of hydrogen-bond acceptors (Lipinski definition) is 2. The summed E-state index contributed by atoms with van der Waals surface area (Å²) in [5.41, 5.74) is 14.3. The number of nitrogens with two attached hydrogens (primary N) is 1. The van der Waals surface area contributed by atoms with E-state index in [0.29, 0.717) is 5.92 Å². The highest BCUT2D eigenvalue weighted by Gasteiger charge is 2.15. The van der Waals surface area contributed by atoms with Gasteiger partial charge in [0.15, 0.2) is 0 Å². The highest BCUT2D eigenvalue weighted by molar-refractivity contribution is 5.95. The van der Waals surface area contributed by atoms with Crippen molar-refractivity contribution in [3.8, 4) is 11.1 Å². The van der Waals surface area contributed by atoms with Crippen LogP contribution in [0.3, 0.4) is 0 Å². The summed E-state index contributed by atoms with van der Waals surface area (Å²) in [6.45, 7) is 8.55. The molecule has 0 aliphatic heterocycles. The van der Waals surface area contributed by atoms with Crippen molar-refractivity contribution in [2.24, 2.45) is 10.8 Å². The lowest BCUT2D eigenvalue weighted by atomic mass is 10.0. The third-order valence-electron chi connectivity index (χ3n) is 3.63. The number of nitrogens with zero attached hydrogens (tertiary/aromatic N) is 1. The predicted molar refractivity (Wildman–Crippen MR) is 86.9 cm³/mol. The van der Waals surface area contributed by atoms with Crippen LogP contribution in [0.15, 0.2) is 29.4 Å². The molecule has 0 aromatic heterocycles. The normalized spacial score (nSPS) is 11.5. The SMILES string of the molecule is Cc1cc(/C=N\NC(N)=O)c2c(C)ccc(C(C)C)cc1-2. The first-order chi connectivity index (χ1) is 9.90. The zero-order chi connectivity index (χ0) is 15.6. The maximum atomic E-state index is 10.7. The largest absolute Gasteiger partial charge is 0.350 e. The van der Waals surface area contributed by atoms with Crippen LogP contribution in [0, 0.1) is 13.8 Å². The topological polar surface area (TPSA) is 67.5 Å². The Morgan fingerprint density at radius 3 is 2.57 bits per heavy atom. The second-order valence-electron chi connectivity index (χ2n) is 5.62. The van der Waals surface area contributed by atoms with Gasteiger partial charge in [0.05, 0.1) is 6.21 Å². The van der Waals surface area contributed by atoms with Gasteiger partial charge in [-0.15, -0.1) is 0 Å². The summed E-state index contributed by atoms with van der Waals surface area (Å²) in [6.07, 6.45) is 1.64. The van der Waals surface area contributed by atoms with Crippen LogP contribution in [0.5, 0.6) is 0 Å². The van der Waals surface area contributed by atoms with Gasteiger partial charge in [0, 0.05) is 5.56 Å². The lowest BCUT2D eigenvalue weighted by Crippen LogP contribution is -2.24. The highest BCUT2D eigenvalue weighted by atomic mass is 16.2. The Morgan fingerprint density at radius 2 is 1.95 bits per heavy atom. The molecule has 0 unspecified atom stereocenters. The molecule has 21 heavy (non-hydrogen) atoms. The third kappa shape index (κ3) is 3.21. The van der Waals surface area contributed by atoms with Crippen molar-refractivity contribution in [3.05, 3.63) is 46.5 Å². The molecule has 2 rings (SSSR count). The van der Waals surface area contributed by atoms with Gasteiger partial charge < -0.3 is 5.73 Å². The monoisotopic (exact) mass is 283 g/mol. The number of nitrogens with one attached hydrogen (secondary N) is 1. The molecular weight excluding hydrogens is 262 g/mol. The summed E-state index contributed by atoms with van der Waals surface area (Å²) in [6, 6.07) is 7.95. The Morgan fingerprint density at radius 1 is 1.24 bits per heavy atom. The molecule has 110 valence electrons. The molecule has 0 saturated carbocycles. The van der Waals surface area contributed by atoms with Crippen molar-refractivity contribution in [3.63, 3.8) is 0 Å². The van der Waals surface area contributed by atoms with Gasteiger partial charge in [0.1, 0.15) is 0 Å². The van der Waals surface area contributed by atoms with E-state index < -0.39 is 6.03 Å². The van der Waals surface area contributed by atoms with Crippen LogP contribution in [-0.2, 0) is 0 Å². The smallest absolute Gasteiger partial charge is 0.332 e. The number of rotatable bonds is 3. The zero-order valence-electron chi connectivity index (χ0n) is 12.9. The molecule has 0 aromatic carbocycles. The van der Waals surface area contributed by atoms with E-state index in [1.54, 1.807) is 6.21 Å². The van der Waals surface area contributed by atoms with Crippen LogP contribution in [0.25, 0.3) is 11.1 Å². The second kappa shape index (κ2) is 5.95. The van der Waals surface area contributed by atoms with E-state index in [0.717, 1.165) is 11.1 Å². The van der Waals surface area contributed by atoms with Crippen molar-refractivity contribution in [2.45, 2.75) is 33.6 Å². The molecule has 0 fully saturated rings. The number of amides is 2. The fourth-order valence-corrected chi connectivity index (χ4v) is 2.51. The molecule has 0 aromatic rings. The van der Waals surface area contributed by atoms with E-state index in [4.69, 9.17) is 5.73 Å². The Hall–Kier alpha value is -2.36. The van der Waals surface area contributed by atoms with E-state index >= 15 is 0 Å². The van der Waals surface area contributed by atoms with Crippen molar-refractivity contribution in [2.75, 3.05) is 0 Å². The molecule has 4 nitrogen and oxygen atoms in total. The van der Waals surface area contributed by atoms with Gasteiger partial charge in [-0.3, -0.25) is 0 Å². The van der Waals surface area contributed by atoms with Crippen LogP contribution in [-0.4, -0.2) is 12.2 Å². The van der Waals surface area contributed by atoms with Gasteiger partial charge in [-0.2, -0.15) is 5.10 Å². The molecule has 0 atom stereocenters. The molecule has 0 saturated heterocycles. The van der Waals surface area contributed by atoms with Crippen molar-refractivity contribution >= 4 is 12.2 Å². The van der Waals surface area contributed by atoms with Crippen LogP contribution in [0.2, 0.25) is 0 Å². The van der Waals surface area contributed by atoms with Gasteiger partial charge in [0.2, 0.25) is 0 Å². The minimum Gasteiger partial charge on any atom is -0.350 e. The standard InChI is InChI=1S/C17H21N3O/c1-10(2)13-6-5-11(3)16-14(9-19-20-17(18)21)7-12(4)15(16)8-13/h5-10H,1-4H3,(H3,18,20,21)/b19-9-. The van der Waals surface area contributed by atoms with Gasteiger partial charge in [-0.25, -0.2) is 10.2 Å². The number of hydrazone groups is 1. The molecule has 0 bridgehead atoms. The minimum absolute atomic E-state index is 0.475. The summed E-state index contributed by atoms with van der Waals surface area (Å²) < 4.78 is 0. The van der Waals surface area contributed by atoms with Gasteiger partial charge in [-0.1, -0.05) is 32.0 Å². The first-order valence-electron chi connectivity index (χ1n) is 7.02. The first-order valence-corrected chi connectivity index (χ1v) is 7.02. The number of fused-ring (bicyclic) bond motifs is 1. The molecule has 0 radical (unpaired) electrons. The molecule has 3 N–H and O–H groups in total. The van der Waals surface area contributed by atoms with Gasteiger partial charge in [0.25, 0.3) is 0 Å². The number of primary amides is 1. The average molecular weight is 283 g/mol. The number of aryl methyl sites for hydroxylation is 2. The third-order valence-corrected chi connectivity index (χ3v) is 3.63. The van der Waals surface area contributed by atoms with Crippen LogP contribution < -0.4 is 11.2 Å². The quantitative estimate of drug-likeness (QED) is 0.656. The van der Waals surface area contributed by atoms with Crippen LogP contribution in [0.1, 0.15) is 42.0 Å². The number of hydrogen-bond donors (Lipinski definition) is 2. The highest BCUT2D eigenvalue weighted by Crippen LogP contribution is 2.35. The Kier molecular flexibility index (Phi) is 4.26. The number of urea groups is 1. The summed E-state index contributed by atoms with van der Waals surface area (Å²) in [5.74, 6) is 0.475. The first kappa shape index (κ1) is 15.0. The van der Waals surface area contributed by atoms with Gasteiger partial charge >= 0.3 is 6.03 Å². The molecule has 2 aliphatic carbocycles. The van der Waals surface area contributed by atoms with E-state index in [-0.39, 0.29) is 0 Å². The maximum Gasteiger partial charge on any atom is 0.332 e. The molecule has 0 heterocycles. The predicted octanol–water partition coefficient (Wildman–Crippen LogP) is 3.53. The summed E-state index contributed by atoms with van der Waals surface area (Å²) in [7, 11) is 0. The lowest BCUT2D eigenvalue weighted by molar-refractivity contribution is 0.249. The van der Waals surface area contributed by atoms with Gasteiger partial charge in [-0.05, 0) is 53.6 Å². The average Bonchev–Trinajstić information content (AvgIpc) is 2.58. The maximum absolute atomic E-state index is 10.7. The van der Waals surface area contributed by atoms with Crippen LogP contribution in [0.4, 0.5) is 4.79 Å². The summed E-state index contributed by atoms with van der Waals surface area (Å²) >= 11 is 0. The summed E-state index contributed by atoms with van der Waals surface area (Å²) in [5, 5.41) is 3.87. The fraction of sp³-hybridized carbons (Fsp3) is 0.294. The minimum atomic E-state index is -0.664. The van der Waals surface area contributed by atoms with E-state index in [2.05, 4.69) is 62.5 Å². The number of carbonyl (C=O) groups excluding carboxylic acids is 1. The summed E-state index contributed by atoms with van der Waals surface area (Å²) in [4.78, 5) is 10.7. The Bertz CT molecular complexity index is 674. The van der Waals surface area contributed by atoms with Crippen molar-refractivity contribution < 1.29 is 4.79 Å². The Balaban J connectivity index is 2.54. The van der Waals surface area contributed by atoms with Crippen LogP contribution >= 0.6 is 0 Å². The second-order valence-corrected chi connectivity index (χ2v) is 5.62. The van der Waals surface area contributed by atoms with E-state index in [1.165, 1.54) is 22.3 Å². The molecule has 2 aliphatic rings. The lowest BCUT2D eigenvalue weighted by Gasteiger charge is -2.04. The molecular formula is C17H21N3O. The van der Waals surface area contributed by atoms with Crippen molar-refractivity contribution in [1.29, 1.82) is 0 Å². The van der Waals surface area contributed by atoms with Crippen molar-refractivity contribution in [1.82, 2.24) is 5.43 Å².